The summed E-state index contributed by atoms with van der Waals surface area (Å²) in [6.45, 7) is 15.6. The Morgan fingerprint density at radius 1 is 1.04 bits per heavy atom. The Hall–Kier alpha value is -3.25. The summed E-state index contributed by atoms with van der Waals surface area (Å²) in [6.07, 6.45) is 7.18. The highest BCUT2D eigenvalue weighted by atomic mass is 16.5. The van der Waals surface area contributed by atoms with Crippen molar-refractivity contribution >= 4 is 23.4 Å². The number of aliphatic hydroxyl groups excluding tert-OH is 1. The van der Waals surface area contributed by atoms with Gasteiger partial charge in [-0.2, -0.15) is 0 Å². The lowest BCUT2D eigenvalue weighted by molar-refractivity contribution is -0.148. The van der Waals surface area contributed by atoms with E-state index in [4.69, 9.17) is 14.2 Å². The molecule has 4 saturated heterocycles. The highest BCUT2D eigenvalue weighted by molar-refractivity contribution is 6.03. The molecule has 0 radical (unpaired) electrons. The van der Waals surface area contributed by atoms with Gasteiger partial charge in [0.25, 0.3) is 0 Å². The summed E-state index contributed by atoms with van der Waals surface area (Å²) in [7, 11) is 0. The number of ether oxygens (including phenoxy) is 3. The van der Waals surface area contributed by atoms with Crippen molar-refractivity contribution < 1.29 is 33.7 Å². The second-order valence-corrected chi connectivity index (χ2v) is 12.9. The van der Waals surface area contributed by atoms with Gasteiger partial charge in [0, 0.05) is 58.1 Å². The number of fused-ring (bicyclic) bond motifs is 1. The minimum atomic E-state index is -1.07. The van der Waals surface area contributed by atoms with Crippen LogP contribution < -0.4 is 9.64 Å². The molecule has 0 aliphatic carbocycles. The second-order valence-electron chi connectivity index (χ2n) is 12.9. The molecule has 11 heteroatoms. The Morgan fingerprint density at radius 2 is 1.77 bits per heavy atom. The number of nitrogens with zero attached hydrogens (tertiary/aromatic N) is 4. The lowest BCUT2D eigenvalue weighted by Gasteiger charge is -2.37. The number of carbonyl (C=O) groups is 3. The molecule has 3 amide bonds. The van der Waals surface area contributed by atoms with E-state index in [1.165, 1.54) is 0 Å². The first-order valence-electron chi connectivity index (χ1n) is 17.3. The molecule has 4 aliphatic rings. The molecule has 0 saturated carbocycles. The molecule has 47 heavy (non-hydrogen) atoms. The third kappa shape index (κ3) is 7.28. The van der Waals surface area contributed by atoms with Gasteiger partial charge < -0.3 is 34.0 Å². The van der Waals surface area contributed by atoms with Crippen LogP contribution in [0.3, 0.4) is 0 Å². The molecule has 11 nitrogen and oxygen atoms in total. The molecule has 1 spiro atoms. The smallest absolute Gasteiger partial charge is 0.248 e. The third-order valence-corrected chi connectivity index (χ3v) is 10.1. The van der Waals surface area contributed by atoms with Crippen LogP contribution in [0.15, 0.2) is 49.6 Å². The number of rotatable bonds is 18. The Kier molecular flexibility index (Phi) is 12.1. The monoisotopic (exact) mass is 652 g/mol. The SMILES string of the molecule is C=CCN(CCN1CCOCC1)C(=O)C1N(CCCCCCO)C(=O)[C@@H]2[C@H](C(=O)N(CC=C)c3ccc(OCC)cc3)[C@@H]3CCC12O3. The van der Waals surface area contributed by atoms with E-state index in [1.807, 2.05) is 31.2 Å². The van der Waals surface area contributed by atoms with Crippen molar-refractivity contribution in [2.24, 2.45) is 11.8 Å². The van der Waals surface area contributed by atoms with Crippen LogP contribution in [0.5, 0.6) is 5.75 Å². The number of likely N-dealkylation sites (tertiary alicyclic amines) is 1. The zero-order chi connectivity index (χ0) is 33.4. The average molecular weight is 653 g/mol. The third-order valence-electron chi connectivity index (χ3n) is 10.1. The number of anilines is 1. The quantitative estimate of drug-likeness (QED) is 0.191. The van der Waals surface area contributed by atoms with E-state index in [0.29, 0.717) is 83.1 Å². The van der Waals surface area contributed by atoms with Gasteiger partial charge in [0.2, 0.25) is 17.7 Å². The molecule has 4 fully saturated rings. The van der Waals surface area contributed by atoms with Gasteiger partial charge in [0.15, 0.2) is 0 Å². The predicted molar refractivity (Wildman–Crippen MR) is 179 cm³/mol. The van der Waals surface area contributed by atoms with E-state index in [0.717, 1.165) is 25.9 Å². The number of unbranched alkanes of at least 4 members (excludes halogenated alkanes) is 3. The van der Waals surface area contributed by atoms with Gasteiger partial charge in [-0.1, -0.05) is 25.0 Å². The fourth-order valence-electron chi connectivity index (χ4n) is 7.93. The summed E-state index contributed by atoms with van der Waals surface area (Å²) < 4.78 is 17.8. The van der Waals surface area contributed by atoms with Crippen LogP contribution in [0.4, 0.5) is 5.69 Å². The largest absolute Gasteiger partial charge is 0.494 e. The molecule has 4 aliphatic heterocycles. The van der Waals surface area contributed by atoms with Crippen molar-refractivity contribution in [1.82, 2.24) is 14.7 Å². The van der Waals surface area contributed by atoms with E-state index in [2.05, 4.69) is 18.1 Å². The van der Waals surface area contributed by atoms with Gasteiger partial charge in [-0.3, -0.25) is 19.3 Å². The Bertz CT molecular complexity index is 1250. The zero-order valence-electron chi connectivity index (χ0n) is 27.9. The summed E-state index contributed by atoms with van der Waals surface area (Å²) >= 11 is 0. The van der Waals surface area contributed by atoms with Crippen molar-refractivity contribution in [3.05, 3.63) is 49.6 Å². The molecule has 4 heterocycles. The fourth-order valence-corrected chi connectivity index (χ4v) is 7.93. The van der Waals surface area contributed by atoms with Crippen LogP contribution in [0.2, 0.25) is 0 Å². The van der Waals surface area contributed by atoms with Crippen LogP contribution >= 0.6 is 0 Å². The first-order valence-corrected chi connectivity index (χ1v) is 17.3. The summed E-state index contributed by atoms with van der Waals surface area (Å²) in [5, 5.41) is 9.26. The van der Waals surface area contributed by atoms with E-state index in [-0.39, 0.29) is 30.9 Å². The molecule has 2 bridgehead atoms. The number of hydrogen-bond acceptors (Lipinski definition) is 8. The predicted octanol–water partition coefficient (Wildman–Crippen LogP) is 2.88. The van der Waals surface area contributed by atoms with Crippen LogP contribution in [-0.2, 0) is 23.9 Å². The van der Waals surface area contributed by atoms with Gasteiger partial charge in [-0.05, 0) is 56.9 Å². The fraction of sp³-hybridized carbons (Fsp3) is 0.639. The summed E-state index contributed by atoms with van der Waals surface area (Å²) in [5.74, 6) is -1.26. The summed E-state index contributed by atoms with van der Waals surface area (Å²) in [6, 6.07) is 6.54. The number of aliphatic hydroxyl groups is 1. The molecule has 5 rings (SSSR count). The molecule has 1 aromatic rings. The molecular formula is C36H52N4O7. The van der Waals surface area contributed by atoms with E-state index in [9.17, 15) is 19.5 Å². The number of amides is 3. The minimum absolute atomic E-state index is 0.128. The van der Waals surface area contributed by atoms with Gasteiger partial charge >= 0.3 is 0 Å². The highest BCUT2D eigenvalue weighted by Gasteiger charge is 2.74. The van der Waals surface area contributed by atoms with Gasteiger partial charge in [0.1, 0.15) is 17.4 Å². The average Bonchev–Trinajstić information content (AvgIpc) is 3.73. The van der Waals surface area contributed by atoms with Crippen LogP contribution in [-0.4, -0.2) is 128 Å². The maximum atomic E-state index is 14.7. The molecular weight excluding hydrogens is 600 g/mol. The van der Waals surface area contributed by atoms with Crippen LogP contribution in [0, 0.1) is 11.8 Å². The lowest BCUT2D eigenvalue weighted by atomic mass is 9.70. The number of benzene rings is 1. The van der Waals surface area contributed by atoms with E-state index in [1.54, 1.807) is 26.9 Å². The van der Waals surface area contributed by atoms with Crippen molar-refractivity contribution in [3.63, 3.8) is 0 Å². The Labute approximate surface area is 279 Å². The normalized spacial score (nSPS) is 26.7. The van der Waals surface area contributed by atoms with Crippen LogP contribution in [0.1, 0.15) is 45.4 Å². The molecule has 1 aromatic carbocycles. The maximum Gasteiger partial charge on any atom is 0.248 e. The topological polar surface area (TPSA) is 112 Å². The first kappa shape index (κ1) is 35.1. The maximum absolute atomic E-state index is 14.7. The molecule has 1 N–H and O–H groups in total. The van der Waals surface area contributed by atoms with Gasteiger partial charge in [-0.15, -0.1) is 13.2 Å². The standard InChI is InChI=1S/C36H52N4O7/c1-4-17-38(21-20-37-22-25-45-26-23-37)35(44)32-36-16-15-29(47-36)30(31(36)34(43)40(32)19-9-7-8-10-24-41)33(42)39(18-5-2)27-11-13-28(14-12-27)46-6-3/h4-5,11-14,29-32,41H,1-2,6-10,15-26H2,3H3/t29-,30+,31-,32?,36?/m0/s1. The van der Waals surface area contributed by atoms with Crippen molar-refractivity contribution in [1.29, 1.82) is 0 Å². The Morgan fingerprint density at radius 3 is 2.45 bits per heavy atom. The highest BCUT2D eigenvalue weighted by Crippen LogP contribution is 2.59. The van der Waals surface area contributed by atoms with Crippen molar-refractivity contribution in [3.8, 4) is 5.75 Å². The summed E-state index contributed by atoms with van der Waals surface area (Å²) in [4.78, 5) is 51.1. The number of carbonyl (C=O) groups excluding carboxylic acids is 3. The van der Waals surface area contributed by atoms with E-state index < -0.39 is 29.6 Å². The van der Waals surface area contributed by atoms with Crippen LogP contribution in [0.25, 0.3) is 0 Å². The minimum Gasteiger partial charge on any atom is -0.494 e. The van der Waals surface area contributed by atoms with Gasteiger partial charge in [-0.25, -0.2) is 0 Å². The molecule has 2 unspecified atom stereocenters. The molecule has 0 aromatic heterocycles. The number of morpholine rings is 1. The van der Waals surface area contributed by atoms with E-state index >= 15 is 0 Å². The van der Waals surface area contributed by atoms with Gasteiger partial charge in [0.05, 0.1) is 37.8 Å². The zero-order valence-corrected chi connectivity index (χ0v) is 27.9. The second kappa shape index (κ2) is 16.2. The number of hydrogen-bond donors (Lipinski definition) is 1. The lowest BCUT2D eigenvalue weighted by Crippen LogP contribution is -2.57. The first-order chi connectivity index (χ1) is 22.9. The van der Waals surface area contributed by atoms with Crippen molar-refractivity contribution in [2.45, 2.75) is 63.2 Å². The Balaban J connectivity index is 1.43. The summed E-state index contributed by atoms with van der Waals surface area (Å²) in [5.41, 5.74) is -0.379. The molecule has 258 valence electrons. The molecule has 5 atom stereocenters. The van der Waals surface area contributed by atoms with Crippen molar-refractivity contribution in [2.75, 3.05) is 77.1 Å².